The minimum atomic E-state index is 0.328. The zero-order chi connectivity index (χ0) is 41.5. The SMILES string of the molecule is CC1=CCC(C2C=C(/C(C)=C/C=C(\C)c3c(C4=CCCC=C4)cc(-c4ccccc4)cc3-c3ccccc3)C=CC2)C=C1c1nc(C2=CCCC=C2)nc(-c2ccccc2)n1. The second-order valence-electron chi connectivity index (χ2n) is 16.6. The smallest absolute Gasteiger partial charge is 0.164 e. The molecule has 4 aromatic carbocycles. The van der Waals surface area contributed by atoms with Crippen molar-refractivity contribution >= 4 is 22.3 Å². The summed E-state index contributed by atoms with van der Waals surface area (Å²) in [4.78, 5) is 15.2. The molecule has 4 aliphatic rings. The summed E-state index contributed by atoms with van der Waals surface area (Å²) in [5, 5.41) is 0. The molecule has 0 fully saturated rings. The van der Waals surface area contributed by atoms with E-state index in [1.165, 1.54) is 61.2 Å². The highest BCUT2D eigenvalue weighted by atomic mass is 15.0. The molecule has 9 rings (SSSR count). The van der Waals surface area contributed by atoms with Crippen molar-refractivity contribution in [2.75, 3.05) is 0 Å². The van der Waals surface area contributed by atoms with Gasteiger partial charge in [0.05, 0.1) is 0 Å². The van der Waals surface area contributed by atoms with Gasteiger partial charge in [0, 0.05) is 16.7 Å². The third-order valence-corrected chi connectivity index (χ3v) is 12.4. The van der Waals surface area contributed by atoms with Gasteiger partial charge in [0.25, 0.3) is 0 Å². The lowest BCUT2D eigenvalue weighted by Crippen LogP contribution is -2.16. The fourth-order valence-corrected chi connectivity index (χ4v) is 8.95. The zero-order valence-corrected chi connectivity index (χ0v) is 35.6. The van der Waals surface area contributed by atoms with Gasteiger partial charge in [-0.25, -0.2) is 15.0 Å². The molecule has 0 spiro atoms. The van der Waals surface area contributed by atoms with Crippen molar-refractivity contribution in [3.63, 3.8) is 0 Å². The van der Waals surface area contributed by atoms with E-state index in [9.17, 15) is 0 Å². The molecule has 0 N–H and O–H groups in total. The molecule has 0 aliphatic heterocycles. The average Bonchev–Trinajstić information content (AvgIpc) is 3.34. The van der Waals surface area contributed by atoms with Crippen molar-refractivity contribution in [1.82, 2.24) is 15.0 Å². The van der Waals surface area contributed by atoms with Gasteiger partial charge in [0.1, 0.15) is 0 Å². The molecule has 0 bridgehead atoms. The van der Waals surface area contributed by atoms with Crippen molar-refractivity contribution in [2.45, 2.75) is 59.3 Å². The molecule has 5 aromatic rings. The molecule has 300 valence electrons. The molecular formula is C58H53N3. The summed E-state index contributed by atoms with van der Waals surface area (Å²) in [6.07, 6.45) is 36.5. The monoisotopic (exact) mass is 791 g/mol. The third kappa shape index (κ3) is 8.93. The summed E-state index contributed by atoms with van der Waals surface area (Å²) in [5.41, 5.74) is 17.0. The number of hydrogen-bond acceptors (Lipinski definition) is 3. The van der Waals surface area contributed by atoms with Crippen LogP contribution in [0.15, 0.2) is 199 Å². The van der Waals surface area contributed by atoms with Gasteiger partial charge in [-0.15, -0.1) is 0 Å². The Kier molecular flexibility index (Phi) is 11.9. The largest absolute Gasteiger partial charge is 0.208 e. The molecule has 0 saturated carbocycles. The van der Waals surface area contributed by atoms with Crippen LogP contribution in [0.4, 0.5) is 0 Å². The van der Waals surface area contributed by atoms with Crippen LogP contribution in [0.3, 0.4) is 0 Å². The van der Waals surface area contributed by atoms with E-state index in [1.54, 1.807) is 0 Å². The molecule has 1 heterocycles. The highest BCUT2D eigenvalue weighted by molar-refractivity contribution is 5.94. The van der Waals surface area contributed by atoms with E-state index in [1.807, 2.05) is 18.2 Å². The lowest BCUT2D eigenvalue weighted by Gasteiger charge is -2.27. The van der Waals surface area contributed by atoms with Crippen molar-refractivity contribution in [2.24, 2.45) is 11.8 Å². The van der Waals surface area contributed by atoms with Crippen LogP contribution in [-0.2, 0) is 0 Å². The van der Waals surface area contributed by atoms with Gasteiger partial charge in [-0.05, 0) is 145 Å². The van der Waals surface area contributed by atoms with Crippen molar-refractivity contribution < 1.29 is 0 Å². The molecule has 4 aliphatic carbocycles. The second-order valence-corrected chi connectivity index (χ2v) is 16.6. The van der Waals surface area contributed by atoms with Crippen LogP contribution in [0.2, 0.25) is 0 Å². The Labute approximate surface area is 362 Å². The van der Waals surface area contributed by atoms with Gasteiger partial charge in [-0.1, -0.05) is 170 Å². The minimum absolute atomic E-state index is 0.328. The van der Waals surface area contributed by atoms with Crippen molar-refractivity contribution in [3.8, 4) is 33.6 Å². The molecule has 2 unspecified atom stereocenters. The molecular weight excluding hydrogens is 739 g/mol. The normalized spacial score (nSPS) is 19.2. The third-order valence-electron chi connectivity index (χ3n) is 12.4. The Hall–Kier alpha value is -6.71. The van der Waals surface area contributed by atoms with Crippen LogP contribution >= 0.6 is 0 Å². The van der Waals surface area contributed by atoms with Crippen LogP contribution in [0.25, 0.3) is 55.9 Å². The molecule has 3 heteroatoms. The second kappa shape index (κ2) is 18.3. The predicted octanol–water partition coefficient (Wildman–Crippen LogP) is 15.2. The Bertz CT molecular complexity index is 2750. The van der Waals surface area contributed by atoms with Crippen LogP contribution in [0, 0.1) is 11.8 Å². The van der Waals surface area contributed by atoms with E-state index in [4.69, 9.17) is 15.0 Å². The molecule has 0 saturated heterocycles. The highest BCUT2D eigenvalue weighted by Gasteiger charge is 2.25. The first-order valence-electron chi connectivity index (χ1n) is 22.0. The van der Waals surface area contributed by atoms with E-state index in [0.717, 1.165) is 66.9 Å². The quantitative estimate of drug-likeness (QED) is 0.132. The standard InChI is InChI=1S/C58H53N3/c1-40(32-33-42(3)55-53(44-22-11-5-12-23-44)38-51(43-20-9-4-10-21-43)39-54(55)45-24-13-6-14-25-45)48-30-19-31-49(36-48)50-35-34-41(2)52(37-50)58-60-56(46-26-15-7-16-27-46)59-57(61-58)47-28-17-8-18-29-47/h4-5,7,9-13,15-17,19-30,32-34,36-39,49-50H,6,8,14,18,31,35H2,1-3H3/b40-32+,42-33+. The van der Waals surface area contributed by atoms with Gasteiger partial charge in [-0.2, -0.15) is 0 Å². The predicted molar refractivity (Wildman–Crippen MR) is 258 cm³/mol. The summed E-state index contributed by atoms with van der Waals surface area (Å²) >= 11 is 0. The summed E-state index contributed by atoms with van der Waals surface area (Å²) in [6.45, 7) is 6.73. The van der Waals surface area contributed by atoms with E-state index in [2.05, 4.69) is 185 Å². The highest BCUT2D eigenvalue weighted by Crippen LogP contribution is 2.41. The maximum atomic E-state index is 5.12. The van der Waals surface area contributed by atoms with E-state index < -0.39 is 0 Å². The molecule has 0 radical (unpaired) electrons. The number of hydrogen-bond donors (Lipinski definition) is 0. The molecule has 61 heavy (non-hydrogen) atoms. The topological polar surface area (TPSA) is 38.7 Å². The van der Waals surface area contributed by atoms with Gasteiger partial charge >= 0.3 is 0 Å². The number of rotatable bonds is 10. The lowest BCUT2D eigenvalue weighted by molar-refractivity contribution is 0.475. The molecule has 3 nitrogen and oxygen atoms in total. The number of nitrogens with zero attached hydrogens (tertiary/aromatic N) is 3. The Morgan fingerprint density at radius 2 is 1.10 bits per heavy atom. The molecule has 1 aromatic heterocycles. The van der Waals surface area contributed by atoms with E-state index in [-0.39, 0.29) is 0 Å². The van der Waals surface area contributed by atoms with Gasteiger partial charge in [-0.3, -0.25) is 0 Å². The van der Waals surface area contributed by atoms with Gasteiger partial charge < -0.3 is 0 Å². The summed E-state index contributed by atoms with van der Waals surface area (Å²) in [5.74, 6) is 2.89. The van der Waals surface area contributed by atoms with E-state index in [0.29, 0.717) is 17.7 Å². The Balaban J connectivity index is 1.05. The van der Waals surface area contributed by atoms with Crippen molar-refractivity contribution in [1.29, 1.82) is 0 Å². The number of benzene rings is 4. The summed E-state index contributed by atoms with van der Waals surface area (Å²) in [6, 6.07) is 36.7. The number of aromatic nitrogens is 3. The maximum absolute atomic E-state index is 5.12. The fraction of sp³-hybridized carbons (Fsp3) is 0.190. The zero-order valence-electron chi connectivity index (χ0n) is 35.6. The Morgan fingerprint density at radius 1 is 0.508 bits per heavy atom. The first-order valence-corrected chi connectivity index (χ1v) is 22.0. The van der Waals surface area contributed by atoms with Crippen LogP contribution in [-0.4, -0.2) is 15.0 Å². The Morgan fingerprint density at radius 3 is 1.79 bits per heavy atom. The van der Waals surface area contributed by atoms with Crippen LogP contribution in [0.5, 0.6) is 0 Å². The van der Waals surface area contributed by atoms with Gasteiger partial charge in [0.15, 0.2) is 17.5 Å². The summed E-state index contributed by atoms with van der Waals surface area (Å²) in [7, 11) is 0. The van der Waals surface area contributed by atoms with Crippen molar-refractivity contribution in [3.05, 3.63) is 222 Å². The summed E-state index contributed by atoms with van der Waals surface area (Å²) < 4.78 is 0. The first-order chi connectivity index (χ1) is 30.0. The van der Waals surface area contributed by atoms with E-state index >= 15 is 0 Å². The maximum Gasteiger partial charge on any atom is 0.164 e. The first kappa shape index (κ1) is 39.7. The fourth-order valence-electron chi connectivity index (χ4n) is 8.95. The van der Waals surface area contributed by atoms with Crippen LogP contribution in [0.1, 0.15) is 82.1 Å². The lowest BCUT2D eigenvalue weighted by atomic mass is 9.77. The van der Waals surface area contributed by atoms with Crippen LogP contribution < -0.4 is 0 Å². The number of allylic oxidation sites excluding steroid dienone is 20. The molecule has 2 atom stereocenters. The minimum Gasteiger partial charge on any atom is -0.208 e. The van der Waals surface area contributed by atoms with Gasteiger partial charge in [0.2, 0.25) is 0 Å². The molecule has 0 amide bonds. The average molecular weight is 792 g/mol.